The maximum Gasteiger partial charge on any atom is 0.191 e. The molecule has 0 radical (unpaired) electrons. The molecule has 154 valence electrons. The number of nitrogens with zero attached hydrogens (tertiary/aromatic N) is 2. The second-order valence-corrected chi connectivity index (χ2v) is 6.42. The molecule has 0 amide bonds. The van der Waals surface area contributed by atoms with Crippen LogP contribution in [-0.4, -0.2) is 57.9 Å². The van der Waals surface area contributed by atoms with Gasteiger partial charge in [-0.3, -0.25) is 0 Å². The number of methoxy groups -OCH3 is 1. The van der Waals surface area contributed by atoms with Crippen LogP contribution in [0.25, 0.3) is 0 Å². The van der Waals surface area contributed by atoms with Gasteiger partial charge >= 0.3 is 0 Å². The van der Waals surface area contributed by atoms with Crippen molar-refractivity contribution < 1.29 is 13.9 Å². The minimum Gasteiger partial charge on any atom is -0.492 e. The predicted molar refractivity (Wildman–Crippen MR) is 112 cm³/mol. The molecular weight excluding hydrogens is 356 g/mol. The zero-order valence-corrected chi connectivity index (χ0v) is 17.1. The summed E-state index contributed by atoms with van der Waals surface area (Å²) in [5.41, 5.74) is 1.10. The monoisotopic (exact) mass is 388 g/mol. The van der Waals surface area contributed by atoms with E-state index in [0.717, 1.165) is 49.3 Å². The highest BCUT2D eigenvalue weighted by Crippen LogP contribution is 2.14. The number of benzene rings is 1. The van der Waals surface area contributed by atoms with Crippen LogP contribution in [0.5, 0.6) is 5.75 Å². The first-order valence-electron chi connectivity index (χ1n) is 9.65. The Morgan fingerprint density at radius 1 is 1.14 bits per heavy atom. The van der Waals surface area contributed by atoms with Crippen LogP contribution in [0.3, 0.4) is 0 Å². The second kappa shape index (κ2) is 12.8. The number of guanidine groups is 1. The summed E-state index contributed by atoms with van der Waals surface area (Å²) in [6.07, 6.45) is 1.67. The lowest BCUT2D eigenvalue weighted by atomic mass is 10.2. The van der Waals surface area contributed by atoms with Crippen molar-refractivity contribution >= 4 is 5.96 Å². The van der Waals surface area contributed by atoms with Crippen molar-refractivity contribution in [2.45, 2.75) is 20.0 Å². The Morgan fingerprint density at radius 3 is 2.75 bits per heavy atom. The smallest absolute Gasteiger partial charge is 0.191 e. The fourth-order valence-electron chi connectivity index (χ4n) is 2.51. The molecule has 1 aromatic heterocycles. The lowest BCUT2D eigenvalue weighted by Gasteiger charge is -2.16. The number of rotatable bonds is 12. The average Bonchev–Trinajstić information content (AvgIpc) is 3.22. The zero-order valence-electron chi connectivity index (χ0n) is 17.1. The molecule has 0 aliphatic rings. The Morgan fingerprint density at radius 2 is 2.00 bits per heavy atom. The van der Waals surface area contributed by atoms with E-state index in [2.05, 4.69) is 33.6 Å². The van der Waals surface area contributed by atoms with Gasteiger partial charge in [0.1, 0.15) is 18.1 Å². The summed E-state index contributed by atoms with van der Waals surface area (Å²) in [4.78, 5) is 6.83. The molecule has 1 heterocycles. The molecule has 7 heteroatoms. The van der Waals surface area contributed by atoms with Gasteiger partial charge in [-0.1, -0.05) is 12.1 Å². The summed E-state index contributed by atoms with van der Waals surface area (Å²) in [5.74, 6) is 2.49. The molecule has 2 aromatic rings. The maximum atomic E-state index is 5.87. The highest BCUT2D eigenvalue weighted by Gasteiger charge is 2.02. The van der Waals surface area contributed by atoms with Crippen molar-refractivity contribution in [1.82, 2.24) is 15.5 Å². The van der Waals surface area contributed by atoms with Crippen molar-refractivity contribution in [3.8, 4) is 5.75 Å². The molecule has 0 atom stereocenters. The number of aliphatic imine (C=N–C) groups is 1. The third-order valence-corrected chi connectivity index (χ3v) is 4.09. The molecule has 0 fully saturated rings. The molecule has 0 saturated heterocycles. The van der Waals surface area contributed by atoms with Gasteiger partial charge in [0.05, 0.1) is 26.0 Å². The van der Waals surface area contributed by atoms with Gasteiger partial charge in [0.2, 0.25) is 0 Å². The molecule has 0 unspecified atom stereocenters. The fourth-order valence-corrected chi connectivity index (χ4v) is 2.51. The molecule has 1 aromatic carbocycles. The molecule has 0 aliphatic carbocycles. The van der Waals surface area contributed by atoms with Crippen molar-refractivity contribution in [2.24, 2.45) is 4.99 Å². The minimum absolute atomic E-state index is 0.568. The van der Waals surface area contributed by atoms with E-state index < -0.39 is 0 Å². The molecule has 0 spiro atoms. The molecule has 7 nitrogen and oxygen atoms in total. The second-order valence-electron chi connectivity index (χ2n) is 6.42. The standard InChI is InChI=1S/C21H32N4O3/c1-4-22-21(24-17-20-9-6-12-27-20)23-16-18-7-5-8-19(15-18)28-14-11-25(2)10-13-26-3/h5-9,12,15H,4,10-11,13-14,16-17H2,1-3H3,(H2,22,23,24). The van der Waals surface area contributed by atoms with E-state index in [4.69, 9.17) is 13.9 Å². The van der Waals surface area contributed by atoms with Gasteiger partial charge in [-0.05, 0) is 43.8 Å². The Labute approximate surface area is 167 Å². The summed E-state index contributed by atoms with van der Waals surface area (Å²) in [5, 5.41) is 6.51. The SMILES string of the molecule is CCNC(=NCc1cccc(OCCN(C)CCOC)c1)NCc1ccco1. The van der Waals surface area contributed by atoms with Crippen molar-refractivity contribution in [1.29, 1.82) is 0 Å². The van der Waals surface area contributed by atoms with Crippen LogP contribution in [0.2, 0.25) is 0 Å². The quantitative estimate of drug-likeness (QED) is 0.430. The first-order valence-corrected chi connectivity index (χ1v) is 9.65. The fraction of sp³-hybridized carbons (Fsp3) is 0.476. The van der Waals surface area contributed by atoms with Crippen LogP contribution in [0.15, 0.2) is 52.1 Å². The number of likely N-dealkylation sites (N-methyl/N-ethyl adjacent to an activating group) is 1. The van der Waals surface area contributed by atoms with E-state index >= 15 is 0 Å². The van der Waals surface area contributed by atoms with Gasteiger partial charge in [0, 0.05) is 26.7 Å². The molecule has 0 aliphatic heterocycles. The van der Waals surface area contributed by atoms with E-state index in [1.165, 1.54) is 0 Å². The van der Waals surface area contributed by atoms with E-state index in [-0.39, 0.29) is 0 Å². The number of ether oxygens (including phenoxy) is 2. The van der Waals surface area contributed by atoms with Crippen molar-refractivity contribution in [3.63, 3.8) is 0 Å². The number of nitrogens with one attached hydrogen (secondary N) is 2. The van der Waals surface area contributed by atoms with Crippen LogP contribution < -0.4 is 15.4 Å². The lowest BCUT2D eigenvalue weighted by molar-refractivity contribution is 0.150. The van der Waals surface area contributed by atoms with Gasteiger partial charge in [0.25, 0.3) is 0 Å². The van der Waals surface area contributed by atoms with Gasteiger partial charge in [-0.2, -0.15) is 0 Å². The first kappa shape index (κ1) is 21.8. The molecule has 28 heavy (non-hydrogen) atoms. The maximum absolute atomic E-state index is 5.87. The van der Waals surface area contributed by atoms with Crippen LogP contribution in [0.4, 0.5) is 0 Å². The summed E-state index contributed by atoms with van der Waals surface area (Å²) in [6, 6.07) is 11.9. The van der Waals surface area contributed by atoms with E-state index in [1.54, 1.807) is 13.4 Å². The number of hydrogen-bond acceptors (Lipinski definition) is 5. The molecule has 2 N–H and O–H groups in total. The lowest BCUT2D eigenvalue weighted by Crippen LogP contribution is -2.36. The summed E-state index contributed by atoms with van der Waals surface area (Å²) < 4.78 is 16.3. The first-order chi connectivity index (χ1) is 13.7. The van der Waals surface area contributed by atoms with Crippen LogP contribution in [0.1, 0.15) is 18.2 Å². The number of furan rings is 1. The Hall–Kier alpha value is -2.51. The Bertz CT molecular complexity index is 689. The van der Waals surface area contributed by atoms with Gasteiger partial charge in [0.15, 0.2) is 5.96 Å². The average molecular weight is 389 g/mol. The summed E-state index contributed by atoms with van der Waals surface area (Å²) >= 11 is 0. The van der Waals surface area contributed by atoms with Crippen molar-refractivity contribution in [3.05, 3.63) is 54.0 Å². The van der Waals surface area contributed by atoms with Gasteiger partial charge < -0.3 is 29.4 Å². The third kappa shape index (κ3) is 8.45. The topological polar surface area (TPSA) is 71.3 Å². The van der Waals surface area contributed by atoms with Crippen LogP contribution in [-0.2, 0) is 17.8 Å². The highest BCUT2D eigenvalue weighted by atomic mass is 16.5. The zero-order chi connectivity index (χ0) is 20.0. The Kier molecular flexibility index (Phi) is 9.96. The third-order valence-electron chi connectivity index (χ3n) is 4.09. The van der Waals surface area contributed by atoms with E-state index in [1.807, 2.05) is 37.3 Å². The largest absolute Gasteiger partial charge is 0.492 e. The minimum atomic E-state index is 0.568. The summed E-state index contributed by atoms with van der Waals surface area (Å²) in [7, 11) is 3.78. The predicted octanol–water partition coefficient (Wildman–Crippen LogP) is 2.49. The van der Waals surface area contributed by atoms with Crippen molar-refractivity contribution in [2.75, 3.05) is 47.0 Å². The van der Waals surface area contributed by atoms with E-state index in [9.17, 15) is 0 Å². The molecule has 0 bridgehead atoms. The molecular formula is C21H32N4O3. The van der Waals surface area contributed by atoms with E-state index in [0.29, 0.717) is 19.7 Å². The Balaban J connectivity index is 1.82. The molecule has 0 saturated carbocycles. The normalized spacial score (nSPS) is 11.6. The van der Waals surface area contributed by atoms with Crippen LogP contribution >= 0.6 is 0 Å². The van der Waals surface area contributed by atoms with Crippen LogP contribution in [0, 0.1) is 0 Å². The summed E-state index contributed by atoms with van der Waals surface area (Å²) in [6.45, 7) is 7.12. The van der Waals surface area contributed by atoms with Gasteiger partial charge in [-0.15, -0.1) is 0 Å². The number of hydrogen-bond donors (Lipinski definition) is 2. The highest BCUT2D eigenvalue weighted by molar-refractivity contribution is 5.79. The molecule has 2 rings (SSSR count). The van der Waals surface area contributed by atoms with Gasteiger partial charge in [-0.25, -0.2) is 4.99 Å².